The van der Waals surface area contributed by atoms with Crippen LogP contribution in [0.3, 0.4) is 0 Å². The molecule has 0 saturated carbocycles. The summed E-state index contributed by atoms with van der Waals surface area (Å²) in [7, 11) is -3.69. The second-order valence-electron chi connectivity index (χ2n) is 7.89. The lowest BCUT2D eigenvalue weighted by Crippen LogP contribution is -2.48. The van der Waals surface area contributed by atoms with Crippen LogP contribution in [0.25, 0.3) is 0 Å². The Balaban J connectivity index is 1.32. The number of anilines is 1. The molecule has 3 aromatic rings. The molecular formula is C23H25N7O4S. The number of nitrogens with two attached hydrogens (primary N) is 1. The number of carbonyl (C=O) groups excluding carboxylic acids is 2. The number of hydrogen-bond donors (Lipinski definition) is 3. The van der Waals surface area contributed by atoms with E-state index in [0.29, 0.717) is 26.2 Å². The molecule has 1 aromatic heterocycles. The molecule has 12 heteroatoms. The zero-order valence-electron chi connectivity index (χ0n) is 18.8. The molecule has 35 heavy (non-hydrogen) atoms. The summed E-state index contributed by atoms with van der Waals surface area (Å²) in [5.41, 5.74) is 11.3. The zero-order valence-corrected chi connectivity index (χ0v) is 19.6. The SMILES string of the molecule is Nc1nccnc1C(=O)NNC(=O)c1ccc(S(=O)(=O)N2CCN(Cc3ccccc3)CC2)cc1. The Hall–Kier alpha value is -3.87. The van der Waals surface area contributed by atoms with Gasteiger partial charge in [-0.1, -0.05) is 30.3 Å². The third-order valence-corrected chi connectivity index (χ3v) is 7.48. The summed E-state index contributed by atoms with van der Waals surface area (Å²) < 4.78 is 27.6. The minimum Gasteiger partial charge on any atom is -0.382 e. The van der Waals surface area contributed by atoms with Gasteiger partial charge in [0, 0.05) is 50.7 Å². The predicted octanol–water partition coefficient (Wildman–Crippen LogP) is 0.640. The molecule has 0 unspecified atom stereocenters. The van der Waals surface area contributed by atoms with Crippen molar-refractivity contribution in [3.63, 3.8) is 0 Å². The molecule has 1 aliphatic heterocycles. The molecule has 182 valence electrons. The van der Waals surface area contributed by atoms with Gasteiger partial charge in [0.15, 0.2) is 11.5 Å². The van der Waals surface area contributed by atoms with Crippen molar-refractivity contribution >= 4 is 27.7 Å². The first-order valence-corrected chi connectivity index (χ1v) is 12.3. The maximum absolute atomic E-state index is 13.1. The predicted molar refractivity (Wildman–Crippen MR) is 128 cm³/mol. The second-order valence-corrected chi connectivity index (χ2v) is 9.83. The molecule has 4 rings (SSSR count). The van der Waals surface area contributed by atoms with E-state index in [0.717, 1.165) is 6.54 Å². The number of nitrogen functional groups attached to an aromatic ring is 1. The van der Waals surface area contributed by atoms with E-state index in [4.69, 9.17) is 5.73 Å². The molecule has 2 aromatic carbocycles. The number of aromatic nitrogens is 2. The molecule has 0 spiro atoms. The first kappa shape index (κ1) is 24.3. The molecule has 1 saturated heterocycles. The van der Waals surface area contributed by atoms with E-state index in [1.165, 1.54) is 46.5 Å². The minimum atomic E-state index is -3.69. The van der Waals surface area contributed by atoms with E-state index in [-0.39, 0.29) is 22.0 Å². The molecule has 1 fully saturated rings. The largest absolute Gasteiger partial charge is 0.382 e. The van der Waals surface area contributed by atoms with E-state index in [1.54, 1.807) is 0 Å². The summed E-state index contributed by atoms with van der Waals surface area (Å²) in [6.45, 7) is 2.80. The Morgan fingerprint density at radius 2 is 1.49 bits per heavy atom. The molecule has 11 nitrogen and oxygen atoms in total. The van der Waals surface area contributed by atoms with Gasteiger partial charge in [-0.25, -0.2) is 18.4 Å². The van der Waals surface area contributed by atoms with Crippen LogP contribution in [0, 0.1) is 0 Å². The number of sulfonamides is 1. The van der Waals surface area contributed by atoms with Crippen LogP contribution in [0.15, 0.2) is 71.9 Å². The summed E-state index contributed by atoms with van der Waals surface area (Å²) in [6, 6.07) is 15.6. The van der Waals surface area contributed by atoms with Gasteiger partial charge in [0.1, 0.15) is 0 Å². The second kappa shape index (κ2) is 10.6. The highest BCUT2D eigenvalue weighted by atomic mass is 32.2. The molecule has 0 radical (unpaired) electrons. The third-order valence-electron chi connectivity index (χ3n) is 5.57. The summed E-state index contributed by atoms with van der Waals surface area (Å²) in [6.07, 6.45) is 2.64. The van der Waals surface area contributed by atoms with Gasteiger partial charge in [0.2, 0.25) is 10.0 Å². The molecular weight excluding hydrogens is 470 g/mol. The first-order chi connectivity index (χ1) is 16.8. The van der Waals surface area contributed by atoms with Crippen molar-refractivity contribution in [2.75, 3.05) is 31.9 Å². The monoisotopic (exact) mass is 495 g/mol. The van der Waals surface area contributed by atoms with E-state index in [2.05, 4.69) is 37.9 Å². The number of carbonyl (C=O) groups is 2. The molecule has 2 amide bonds. The minimum absolute atomic E-state index is 0.0743. The number of nitrogens with zero attached hydrogens (tertiary/aromatic N) is 4. The highest BCUT2D eigenvalue weighted by Gasteiger charge is 2.28. The summed E-state index contributed by atoms with van der Waals surface area (Å²) in [5, 5.41) is 0. The van der Waals surface area contributed by atoms with E-state index >= 15 is 0 Å². The Bertz CT molecular complexity index is 1290. The van der Waals surface area contributed by atoms with Crippen LogP contribution in [0.1, 0.15) is 26.4 Å². The van der Waals surface area contributed by atoms with Crippen molar-refractivity contribution in [3.8, 4) is 0 Å². The number of hydrogen-bond acceptors (Lipinski definition) is 8. The van der Waals surface area contributed by atoms with Crippen LogP contribution in [0.2, 0.25) is 0 Å². The quantitative estimate of drug-likeness (QED) is 0.422. The summed E-state index contributed by atoms with van der Waals surface area (Å²) in [4.78, 5) is 34.3. The van der Waals surface area contributed by atoms with Gasteiger partial charge in [-0.2, -0.15) is 4.31 Å². The molecule has 0 atom stereocenters. The number of piperazine rings is 1. The van der Waals surface area contributed by atoms with Crippen LogP contribution < -0.4 is 16.6 Å². The Kier molecular flexibility index (Phi) is 7.34. The maximum atomic E-state index is 13.1. The van der Waals surface area contributed by atoms with Crippen molar-refractivity contribution in [1.29, 1.82) is 0 Å². The number of amides is 2. The van der Waals surface area contributed by atoms with Crippen LogP contribution >= 0.6 is 0 Å². The summed E-state index contributed by atoms with van der Waals surface area (Å²) >= 11 is 0. The van der Waals surface area contributed by atoms with Gasteiger partial charge in [0.05, 0.1) is 4.90 Å². The Labute approximate surface area is 203 Å². The highest BCUT2D eigenvalue weighted by molar-refractivity contribution is 7.89. The molecule has 2 heterocycles. The molecule has 0 aliphatic carbocycles. The standard InChI is InChI=1S/C23H25N7O4S/c24-21-20(25-10-11-26-21)23(32)28-27-22(31)18-6-8-19(9-7-18)35(33,34)30-14-12-29(13-15-30)16-17-4-2-1-3-5-17/h1-11H,12-16H2,(H2,24,26)(H,27,31)(H,28,32). The lowest BCUT2D eigenvalue weighted by atomic mass is 10.2. The van der Waals surface area contributed by atoms with Gasteiger partial charge in [-0.15, -0.1) is 0 Å². The molecule has 4 N–H and O–H groups in total. The van der Waals surface area contributed by atoms with Crippen molar-refractivity contribution in [2.24, 2.45) is 0 Å². The van der Waals surface area contributed by atoms with Crippen LogP contribution in [0.5, 0.6) is 0 Å². The Morgan fingerprint density at radius 1 is 0.857 bits per heavy atom. The fraction of sp³-hybridized carbons (Fsp3) is 0.217. The Morgan fingerprint density at radius 3 is 2.14 bits per heavy atom. The normalized spacial score (nSPS) is 14.9. The zero-order chi connectivity index (χ0) is 24.8. The highest BCUT2D eigenvalue weighted by Crippen LogP contribution is 2.19. The number of hydrazine groups is 1. The number of rotatable bonds is 6. The van der Waals surface area contributed by atoms with Gasteiger partial charge in [-0.05, 0) is 29.8 Å². The fourth-order valence-corrected chi connectivity index (χ4v) is 5.09. The van der Waals surface area contributed by atoms with E-state index < -0.39 is 21.8 Å². The average molecular weight is 496 g/mol. The van der Waals surface area contributed by atoms with Crippen molar-refractivity contribution in [3.05, 3.63) is 83.8 Å². The van der Waals surface area contributed by atoms with Crippen LogP contribution in [-0.4, -0.2) is 65.6 Å². The fourth-order valence-electron chi connectivity index (χ4n) is 3.67. The lowest BCUT2D eigenvalue weighted by Gasteiger charge is -2.34. The van der Waals surface area contributed by atoms with Gasteiger partial charge >= 0.3 is 0 Å². The van der Waals surface area contributed by atoms with Crippen molar-refractivity contribution < 1.29 is 18.0 Å². The van der Waals surface area contributed by atoms with Crippen LogP contribution in [-0.2, 0) is 16.6 Å². The average Bonchev–Trinajstić information content (AvgIpc) is 2.88. The first-order valence-electron chi connectivity index (χ1n) is 10.9. The topological polar surface area (TPSA) is 151 Å². The van der Waals surface area contributed by atoms with Crippen molar-refractivity contribution in [2.45, 2.75) is 11.4 Å². The van der Waals surface area contributed by atoms with Gasteiger partial charge in [0.25, 0.3) is 11.8 Å². The molecule has 0 bridgehead atoms. The van der Waals surface area contributed by atoms with E-state index in [9.17, 15) is 18.0 Å². The maximum Gasteiger partial charge on any atom is 0.292 e. The van der Waals surface area contributed by atoms with Crippen molar-refractivity contribution in [1.82, 2.24) is 30.0 Å². The smallest absolute Gasteiger partial charge is 0.292 e. The van der Waals surface area contributed by atoms with Gasteiger partial charge < -0.3 is 5.73 Å². The number of nitrogens with one attached hydrogen (secondary N) is 2. The number of benzene rings is 2. The summed E-state index contributed by atoms with van der Waals surface area (Å²) in [5.74, 6) is -1.43. The molecule has 1 aliphatic rings. The van der Waals surface area contributed by atoms with Gasteiger partial charge in [-0.3, -0.25) is 25.3 Å². The van der Waals surface area contributed by atoms with E-state index in [1.807, 2.05) is 18.2 Å². The lowest BCUT2D eigenvalue weighted by molar-refractivity contribution is 0.0844. The third kappa shape index (κ3) is 5.80. The van der Waals surface area contributed by atoms with Crippen LogP contribution in [0.4, 0.5) is 5.82 Å².